The molecule has 1 amide bonds. The quantitative estimate of drug-likeness (QED) is 0.763. The number of nitrogens with zero attached hydrogens (tertiary/aromatic N) is 2. The Morgan fingerprint density at radius 2 is 2.30 bits per heavy atom. The van der Waals surface area contributed by atoms with Gasteiger partial charge in [0.25, 0.3) is 0 Å². The summed E-state index contributed by atoms with van der Waals surface area (Å²) >= 11 is 0. The number of carbonyl (C=O) groups excluding carboxylic acids is 1. The fourth-order valence-corrected chi connectivity index (χ4v) is 4.36. The van der Waals surface area contributed by atoms with E-state index >= 15 is 0 Å². The molecule has 1 atom stereocenters. The van der Waals surface area contributed by atoms with Gasteiger partial charge in [0.15, 0.2) is 9.84 Å². The first kappa shape index (κ1) is 17.7. The molecule has 8 heteroatoms. The number of hydrogen-bond acceptors (Lipinski definition) is 6. The zero-order valence-electron chi connectivity index (χ0n) is 13.5. The fraction of sp³-hybridized carbons (Fsp3) is 0.600. The maximum atomic E-state index is 12.1. The maximum Gasteiger partial charge on any atom is 0.234 e. The summed E-state index contributed by atoms with van der Waals surface area (Å²) in [5.41, 5.74) is 0.814. The second-order valence-electron chi connectivity index (χ2n) is 5.65. The second-order valence-corrected chi connectivity index (χ2v) is 7.88. The molecule has 2 heterocycles. The van der Waals surface area contributed by atoms with Crippen LogP contribution in [-0.4, -0.2) is 62.0 Å². The Labute approximate surface area is 137 Å². The Bertz CT molecular complexity index is 648. The third kappa shape index (κ3) is 5.18. The average molecular weight is 341 g/mol. The molecule has 0 unspecified atom stereocenters. The van der Waals surface area contributed by atoms with Crippen molar-refractivity contribution in [2.45, 2.75) is 25.9 Å². The monoisotopic (exact) mass is 341 g/mol. The van der Waals surface area contributed by atoms with Crippen molar-refractivity contribution in [3.63, 3.8) is 0 Å². The summed E-state index contributed by atoms with van der Waals surface area (Å²) in [6.07, 6.45) is 2.23. The maximum absolute atomic E-state index is 12.1. The number of sulfone groups is 1. The van der Waals surface area contributed by atoms with Gasteiger partial charge in [-0.1, -0.05) is 6.07 Å². The number of aromatic nitrogens is 1. The number of hydrogen-bond donors (Lipinski definition) is 1. The van der Waals surface area contributed by atoms with Gasteiger partial charge in [0.1, 0.15) is 0 Å². The topological polar surface area (TPSA) is 88.6 Å². The zero-order valence-corrected chi connectivity index (χ0v) is 14.3. The molecule has 23 heavy (non-hydrogen) atoms. The lowest BCUT2D eigenvalue weighted by molar-refractivity contribution is -0.122. The van der Waals surface area contributed by atoms with Crippen molar-refractivity contribution in [2.75, 3.05) is 31.7 Å². The summed E-state index contributed by atoms with van der Waals surface area (Å²) in [7, 11) is -1.16. The van der Waals surface area contributed by atoms with E-state index in [0.29, 0.717) is 25.5 Å². The molecule has 7 nitrogen and oxygen atoms in total. The van der Waals surface area contributed by atoms with Crippen LogP contribution in [0.15, 0.2) is 18.3 Å². The van der Waals surface area contributed by atoms with Crippen LogP contribution in [0, 0.1) is 0 Å². The van der Waals surface area contributed by atoms with Crippen LogP contribution < -0.4 is 10.1 Å². The molecule has 0 spiro atoms. The minimum absolute atomic E-state index is 0.0804. The van der Waals surface area contributed by atoms with E-state index in [0.717, 1.165) is 5.56 Å². The van der Waals surface area contributed by atoms with E-state index in [9.17, 15) is 13.2 Å². The molecule has 2 rings (SSSR count). The predicted molar refractivity (Wildman–Crippen MR) is 86.9 cm³/mol. The molecule has 1 aliphatic rings. The highest BCUT2D eigenvalue weighted by atomic mass is 32.2. The molecule has 0 saturated carbocycles. The van der Waals surface area contributed by atoms with Gasteiger partial charge in [-0.3, -0.25) is 9.69 Å². The first-order valence-corrected chi connectivity index (χ1v) is 9.47. The van der Waals surface area contributed by atoms with Gasteiger partial charge < -0.3 is 10.1 Å². The van der Waals surface area contributed by atoms with E-state index in [2.05, 4.69) is 10.3 Å². The van der Waals surface area contributed by atoms with Crippen molar-refractivity contribution >= 4 is 15.7 Å². The standard InChI is InChI=1S/C15H23N3O4S/c1-3-22-15-12(5-4-7-16-15)9-17-14(19)10-18(2)13-6-8-23(20,21)11-13/h4-5,7,13H,3,6,8-11H2,1-2H3,(H,17,19)/t13-/m1/s1. The molecule has 1 aromatic rings. The number of pyridine rings is 1. The Kier molecular flexibility index (Phi) is 5.95. The van der Waals surface area contributed by atoms with Gasteiger partial charge in [-0.25, -0.2) is 13.4 Å². The largest absolute Gasteiger partial charge is 0.478 e. The van der Waals surface area contributed by atoms with Crippen LogP contribution in [0.3, 0.4) is 0 Å². The molecule has 128 valence electrons. The molecule has 0 aliphatic carbocycles. The molecule has 1 aromatic heterocycles. The van der Waals surface area contributed by atoms with Crippen molar-refractivity contribution in [1.29, 1.82) is 0 Å². The SMILES string of the molecule is CCOc1ncccc1CNC(=O)CN(C)[C@@H]1CCS(=O)(=O)C1. The minimum Gasteiger partial charge on any atom is -0.478 e. The van der Waals surface area contributed by atoms with Gasteiger partial charge in [-0.2, -0.15) is 0 Å². The lowest BCUT2D eigenvalue weighted by atomic mass is 10.2. The van der Waals surface area contributed by atoms with Crippen LogP contribution in [0.4, 0.5) is 0 Å². The van der Waals surface area contributed by atoms with E-state index in [1.807, 2.05) is 13.0 Å². The molecule has 0 bridgehead atoms. The summed E-state index contributed by atoms with van der Waals surface area (Å²) in [6, 6.07) is 3.56. The Morgan fingerprint density at radius 3 is 2.96 bits per heavy atom. The second kappa shape index (κ2) is 7.74. The van der Waals surface area contributed by atoms with Crippen LogP contribution >= 0.6 is 0 Å². The Morgan fingerprint density at radius 1 is 1.52 bits per heavy atom. The van der Waals surface area contributed by atoms with Gasteiger partial charge >= 0.3 is 0 Å². The van der Waals surface area contributed by atoms with Gasteiger partial charge in [-0.05, 0) is 26.5 Å². The fourth-order valence-electron chi connectivity index (χ4n) is 2.55. The number of amides is 1. The summed E-state index contributed by atoms with van der Waals surface area (Å²) < 4.78 is 28.4. The number of likely N-dealkylation sites (N-methyl/N-ethyl adjacent to an activating group) is 1. The number of rotatable bonds is 7. The third-order valence-electron chi connectivity index (χ3n) is 3.83. The lowest BCUT2D eigenvalue weighted by Crippen LogP contribution is -2.41. The van der Waals surface area contributed by atoms with Crippen LogP contribution in [0.25, 0.3) is 0 Å². The van der Waals surface area contributed by atoms with Crippen molar-refractivity contribution in [3.05, 3.63) is 23.9 Å². The molecule has 1 saturated heterocycles. The molecule has 1 fully saturated rings. The number of carbonyl (C=O) groups is 1. The van der Waals surface area contributed by atoms with E-state index in [4.69, 9.17) is 4.74 Å². The van der Waals surface area contributed by atoms with Crippen molar-refractivity contribution in [3.8, 4) is 5.88 Å². The molecule has 0 aromatic carbocycles. The Balaban J connectivity index is 1.83. The molecule has 1 N–H and O–H groups in total. The molecular formula is C15H23N3O4S. The van der Waals surface area contributed by atoms with E-state index in [1.165, 1.54) is 0 Å². The first-order valence-electron chi connectivity index (χ1n) is 7.65. The van der Waals surface area contributed by atoms with Crippen molar-refractivity contribution in [1.82, 2.24) is 15.2 Å². The van der Waals surface area contributed by atoms with Gasteiger partial charge in [0.2, 0.25) is 11.8 Å². The van der Waals surface area contributed by atoms with Gasteiger partial charge in [0.05, 0.1) is 24.7 Å². The average Bonchev–Trinajstić information content (AvgIpc) is 2.87. The first-order chi connectivity index (χ1) is 10.9. The Hall–Kier alpha value is -1.67. The summed E-state index contributed by atoms with van der Waals surface area (Å²) in [5.74, 6) is 0.707. The van der Waals surface area contributed by atoms with E-state index in [1.54, 1.807) is 24.2 Å². The summed E-state index contributed by atoms with van der Waals surface area (Å²) in [6.45, 7) is 2.89. The number of nitrogens with one attached hydrogen (secondary N) is 1. The summed E-state index contributed by atoms with van der Waals surface area (Å²) in [5, 5.41) is 2.82. The minimum atomic E-state index is -2.94. The van der Waals surface area contributed by atoms with Crippen LogP contribution in [0.2, 0.25) is 0 Å². The van der Waals surface area contributed by atoms with E-state index in [-0.39, 0.29) is 30.0 Å². The highest BCUT2D eigenvalue weighted by Crippen LogP contribution is 2.16. The lowest BCUT2D eigenvalue weighted by Gasteiger charge is -2.22. The normalized spacial score (nSPS) is 19.7. The predicted octanol–water partition coefficient (Wildman–Crippen LogP) is 0.215. The molecular weight excluding hydrogens is 318 g/mol. The van der Waals surface area contributed by atoms with E-state index < -0.39 is 9.84 Å². The van der Waals surface area contributed by atoms with Crippen LogP contribution in [0.1, 0.15) is 18.9 Å². The van der Waals surface area contributed by atoms with Gasteiger partial charge in [-0.15, -0.1) is 0 Å². The van der Waals surface area contributed by atoms with Crippen molar-refractivity contribution < 1.29 is 17.9 Å². The molecule has 0 radical (unpaired) electrons. The highest BCUT2D eigenvalue weighted by molar-refractivity contribution is 7.91. The van der Waals surface area contributed by atoms with Crippen molar-refractivity contribution in [2.24, 2.45) is 0 Å². The third-order valence-corrected chi connectivity index (χ3v) is 5.58. The van der Waals surface area contributed by atoms with Gasteiger partial charge in [0, 0.05) is 24.3 Å². The smallest absolute Gasteiger partial charge is 0.234 e. The molecule has 1 aliphatic heterocycles. The number of ether oxygens (including phenoxy) is 1. The summed E-state index contributed by atoms with van der Waals surface area (Å²) in [4.78, 5) is 18.0. The zero-order chi connectivity index (χ0) is 16.9. The van der Waals surface area contributed by atoms with Crippen LogP contribution in [0.5, 0.6) is 5.88 Å². The highest BCUT2D eigenvalue weighted by Gasteiger charge is 2.31. The van der Waals surface area contributed by atoms with Crippen LogP contribution in [-0.2, 0) is 21.2 Å².